The Hall–Kier alpha value is -0.0800. The van der Waals surface area contributed by atoms with Crippen molar-refractivity contribution in [1.29, 1.82) is 0 Å². The van der Waals surface area contributed by atoms with Crippen molar-refractivity contribution in [2.75, 3.05) is 13.2 Å². The zero-order valence-corrected chi connectivity index (χ0v) is 9.46. The van der Waals surface area contributed by atoms with Crippen LogP contribution in [0.25, 0.3) is 0 Å². The number of hydrogen-bond acceptors (Lipinski definition) is 2. The number of ether oxygens (including phenoxy) is 1. The summed E-state index contributed by atoms with van der Waals surface area (Å²) in [4.78, 5) is 0. The molecule has 3 unspecified atom stereocenters. The summed E-state index contributed by atoms with van der Waals surface area (Å²) >= 11 is 0. The van der Waals surface area contributed by atoms with Gasteiger partial charge in [-0.2, -0.15) is 0 Å². The minimum atomic E-state index is 0.472. The van der Waals surface area contributed by atoms with Gasteiger partial charge in [-0.3, -0.25) is 0 Å². The van der Waals surface area contributed by atoms with E-state index in [1.807, 2.05) is 0 Å². The second kappa shape index (κ2) is 4.63. The third-order valence-electron chi connectivity index (χ3n) is 3.99. The van der Waals surface area contributed by atoms with Crippen LogP contribution in [0.4, 0.5) is 0 Å². The normalized spacial score (nSPS) is 35.6. The summed E-state index contributed by atoms with van der Waals surface area (Å²) in [5.41, 5.74) is 0. The molecule has 1 heterocycles. The van der Waals surface area contributed by atoms with Gasteiger partial charge in [-0.05, 0) is 38.6 Å². The molecule has 1 N–H and O–H groups in total. The molecule has 2 rings (SSSR count). The number of nitrogens with one attached hydrogen (secondary N) is 1. The van der Waals surface area contributed by atoms with Crippen LogP contribution in [-0.2, 0) is 4.74 Å². The van der Waals surface area contributed by atoms with Crippen molar-refractivity contribution in [3.05, 3.63) is 0 Å². The van der Waals surface area contributed by atoms with Crippen LogP contribution in [0.1, 0.15) is 39.5 Å². The maximum Gasteiger partial charge on any atom is 0.0590 e. The van der Waals surface area contributed by atoms with Gasteiger partial charge >= 0.3 is 0 Å². The fourth-order valence-electron chi connectivity index (χ4n) is 2.92. The van der Waals surface area contributed by atoms with Crippen LogP contribution in [0.15, 0.2) is 0 Å². The highest BCUT2D eigenvalue weighted by Gasteiger charge is 2.37. The van der Waals surface area contributed by atoms with Crippen molar-refractivity contribution in [2.24, 2.45) is 11.8 Å². The average Bonchev–Trinajstić information content (AvgIpc) is 2.47. The average molecular weight is 197 g/mol. The first kappa shape index (κ1) is 10.4. The van der Waals surface area contributed by atoms with Crippen LogP contribution < -0.4 is 5.32 Å². The van der Waals surface area contributed by atoms with Gasteiger partial charge in [0.15, 0.2) is 0 Å². The molecule has 0 bridgehead atoms. The SMILES string of the molecule is CCNC(C1CCC1)C1CCOC1C. The Morgan fingerprint density at radius 3 is 2.57 bits per heavy atom. The molecule has 2 heteroatoms. The molecule has 2 fully saturated rings. The van der Waals surface area contributed by atoms with Crippen molar-refractivity contribution < 1.29 is 4.74 Å². The summed E-state index contributed by atoms with van der Waals surface area (Å²) in [6, 6.07) is 0.728. The second-order valence-corrected chi connectivity index (χ2v) is 4.80. The first-order valence-corrected chi connectivity index (χ1v) is 6.18. The van der Waals surface area contributed by atoms with Crippen molar-refractivity contribution in [1.82, 2.24) is 5.32 Å². The summed E-state index contributed by atoms with van der Waals surface area (Å²) < 4.78 is 5.67. The van der Waals surface area contributed by atoms with E-state index in [2.05, 4.69) is 19.2 Å². The van der Waals surface area contributed by atoms with Gasteiger partial charge in [0.2, 0.25) is 0 Å². The summed E-state index contributed by atoms with van der Waals surface area (Å²) in [5, 5.41) is 3.68. The molecule has 3 atom stereocenters. The predicted octanol–water partition coefficient (Wildman–Crippen LogP) is 2.19. The zero-order chi connectivity index (χ0) is 9.97. The Kier molecular flexibility index (Phi) is 3.45. The standard InChI is InChI=1S/C12H23NO/c1-3-13-12(10-5-4-6-10)11-7-8-14-9(11)2/h9-13H,3-8H2,1-2H3. The lowest BCUT2D eigenvalue weighted by molar-refractivity contribution is 0.0753. The van der Waals surface area contributed by atoms with E-state index in [9.17, 15) is 0 Å². The molecule has 0 amide bonds. The smallest absolute Gasteiger partial charge is 0.0590 e. The van der Waals surface area contributed by atoms with Gasteiger partial charge in [-0.25, -0.2) is 0 Å². The highest BCUT2D eigenvalue weighted by Crippen LogP contribution is 2.37. The molecule has 2 nitrogen and oxygen atoms in total. The largest absolute Gasteiger partial charge is 0.378 e. The van der Waals surface area contributed by atoms with E-state index in [-0.39, 0.29) is 0 Å². The van der Waals surface area contributed by atoms with Gasteiger partial charge < -0.3 is 10.1 Å². The molecular weight excluding hydrogens is 174 g/mol. The molecule has 0 spiro atoms. The lowest BCUT2D eigenvalue weighted by Gasteiger charge is -2.38. The molecule has 0 aromatic carbocycles. The van der Waals surface area contributed by atoms with Gasteiger partial charge in [0.1, 0.15) is 0 Å². The first-order chi connectivity index (χ1) is 6.83. The Balaban J connectivity index is 1.93. The molecule has 1 aliphatic carbocycles. The molecule has 1 saturated heterocycles. The molecule has 1 aliphatic heterocycles. The first-order valence-electron chi connectivity index (χ1n) is 6.18. The lowest BCUT2D eigenvalue weighted by Crippen LogP contribution is -2.46. The van der Waals surface area contributed by atoms with E-state index in [0.717, 1.165) is 31.0 Å². The van der Waals surface area contributed by atoms with E-state index < -0.39 is 0 Å². The van der Waals surface area contributed by atoms with Gasteiger partial charge in [-0.1, -0.05) is 13.3 Å². The Morgan fingerprint density at radius 1 is 1.36 bits per heavy atom. The topological polar surface area (TPSA) is 21.3 Å². The van der Waals surface area contributed by atoms with E-state index in [4.69, 9.17) is 4.74 Å². The molecule has 0 aromatic heterocycles. The van der Waals surface area contributed by atoms with Gasteiger partial charge in [-0.15, -0.1) is 0 Å². The third-order valence-corrected chi connectivity index (χ3v) is 3.99. The number of hydrogen-bond donors (Lipinski definition) is 1. The molecule has 2 aliphatic rings. The van der Waals surface area contributed by atoms with E-state index in [0.29, 0.717) is 6.10 Å². The van der Waals surface area contributed by atoms with Crippen LogP contribution in [-0.4, -0.2) is 25.3 Å². The van der Waals surface area contributed by atoms with Crippen molar-refractivity contribution in [3.63, 3.8) is 0 Å². The Morgan fingerprint density at radius 2 is 2.14 bits per heavy atom. The Bertz CT molecular complexity index is 179. The highest BCUT2D eigenvalue weighted by atomic mass is 16.5. The van der Waals surface area contributed by atoms with Gasteiger partial charge in [0, 0.05) is 18.6 Å². The van der Waals surface area contributed by atoms with Crippen molar-refractivity contribution >= 4 is 0 Å². The van der Waals surface area contributed by atoms with Gasteiger partial charge in [0.05, 0.1) is 6.10 Å². The number of rotatable bonds is 4. The minimum Gasteiger partial charge on any atom is -0.378 e. The van der Waals surface area contributed by atoms with Gasteiger partial charge in [0.25, 0.3) is 0 Å². The van der Waals surface area contributed by atoms with Crippen LogP contribution in [0.3, 0.4) is 0 Å². The van der Waals surface area contributed by atoms with Crippen LogP contribution in [0.2, 0.25) is 0 Å². The summed E-state index contributed by atoms with van der Waals surface area (Å²) in [6.07, 6.45) is 6.03. The fourth-order valence-corrected chi connectivity index (χ4v) is 2.92. The Labute approximate surface area is 87.4 Å². The molecule has 0 aromatic rings. The fraction of sp³-hybridized carbons (Fsp3) is 1.00. The molecule has 0 radical (unpaired) electrons. The maximum atomic E-state index is 5.67. The predicted molar refractivity (Wildman–Crippen MR) is 58.3 cm³/mol. The van der Waals surface area contributed by atoms with Crippen LogP contribution in [0.5, 0.6) is 0 Å². The molecule has 82 valence electrons. The summed E-state index contributed by atoms with van der Waals surface area (Å²) in [6.45, 7) is 6.53. The van der Waals surface area contributed by atoms with E-state index in [1.54, 1.807) is 0 Å². The van der Waals surface area contributed by atoms with Crippen LogP contribution >= 0.6 is 0 Å². The highest BCUT2D eigenvalue weighted by molar-refractivity contribution is 4.91. The van der Waals surface area contributed by atoms with Crippen LogP contribution in [0, 0.1) is 11.8 Å². The van der Waals surface area contributed by atoms with Crippen molar-refractivity contribution in [2.45, 2.75) is 51.7 Å². The lowest BCUT2D eigenvalue weighted by atomic mass is 9.73. The summed E-state index contributed by atoms with van der Waals surface area (Å²) in [5.74, 6) is 1.70. The summed E-state index contributed by atoms with van der Waals surface area (Å²) in [7, 11) is 0. The van der Waals surface area contributed by atoms with E-state index in [1.165, 1.54) is 25.7 Å². The maximum absolute atomic E-state index is 5.67. The molecule has 14 heavy (non-hydrogen) atoms. The van der Waals surface area contributed by atoms with Crippen molar-refractivity contribution in [3.8, 4) is 0 Å². The molecule has 1 saturated carbocycles. The van der Waals surface area contributed by atoms with E-state index >= 15 is 0 Å². The monoisotopic (exact) mass is 197 g/mol. The minimum absolute atomic E-state index is 0.472. The third kappa shape index (κ3) is 1.96. The second-order valence-electron chi connectivity index (χ2n) is 4.80. The quantitative estimate of drug-likeness (QED) is 0.746. The zero-order valence-electron chi connectivity index (χ0n) is 9.46. The molecular formula is C12H23NO.